The second kappa shape index (κ2) is 16.2. The summed E-state index contributed by atoms with van der Waals surface area (Å²) >= 11 is 0. The van der Waals surface area contributed by atoms with Crippen LogP contribution in [0.1, 0.15) is 83.5 Å². The molecule has 0 radical (unpaired) electrons. The Bertz CT molecular complexity index is 593. The van der Waals surface area contributed by atoms with Crippen molar-refractivity contribution in [2.24, 2.45) is 11.8 Å². The Morgan fingerprint density at radius 3 is 2.66 bits per heavy atom. The summed E-state index contributed by atoms with van der Waals surface area (Å²) < 4.78 is 16.7. The molecule has 1 unspecified atom stereocenters. The monoisotopic (exact) mass is 450 g/mol. The molecule has 6 nitrogen and oxygen atoms in total. The quantitative estimate of drug-likeness (QED) is 0.217. The van der Waals surface area contributed by atoms with E-state index in [1.807, 2.05) is 0 Å². The molecule has 1 saturated heterocycles. The van der Waals surface area contributed by atoms with Gasteiger partial charge in [0.15, 0.2) is 6.29 Å². The molecule has 0 aromatic heterocycles. The molecule has 0 bridgehead atoms. The van der Waals surface area contributed by atoms with Crippen LogP contribution in [-0.2, 0) is 23.8 Å². The molecule has 1 aliphatic carbocycles. The molecule has 0 aromatic rings. The summed E-state index contributed by atoms with van der Waals surface area (Å²) in [5, 5.41) is 8.89. The molecule has 1 saturated carbocycles. The van der Waals surface area contributed by atoms with Crippen LogP contribution >= 0.6 is 0 Å². The fourth-order valence-electron chi connectivity index (χ4n) is 4.47. The summed E-state index contributed by atoms with van der Waals surface area (Å²) in [4.78, 5) is 24.0. The summed E-state index contributed by atoms with van der Waals surface area (Å²) in [5.74, 6) is 0.0924. The van der Waals surface area contributed by atoms with Crippen molar-refractivity contribution in [3.8, 4) is 0 Å². The van der Waals surface area contributed by atoms with Crippen molar-refractivity contribution >= 4 is 11.8 Å². The fourth-order valence-corrected chi connectivity index (χ4v) is 4.47. The van der Waals surface area contributed by atoms with Crippen molar-refractivity contribution in [1.29, 1.82) is 0 Å². The molecular formula is C26H42O6. The number of allylic oxidation sites excluding steroid dienone is 3. The fraction of sp³-hybridized carbons (Fsp3) is 0.769. The number of unbranched alkanes of at least 4 members (excludes halogenated alkanes) is 5. The summed E-state index contributed by atoms with van der Waals surface area (Å²) in [7, 11) is 1.41. The molecule has 32 heavy (non-hydrogen) atoms. The number of hydrogen-bond acceptors (Lipinski definition) is 6. The number of esters is 1. The first-order valence-corrected chi connectivity index (χ1v) is 12.4. The Hall–Kier alpha value is -1.50. The van der Waals surface area contributed by atoms with Gasteiger partial charge in [0.25, 0.3) is 0 Å². The molecule has 0 aromatic carbocycles. The van der Waals surface area contributed by atoms with Crippen molar-refractivity contribution in [3.05, 3.63) is 24.3 Å². The first-order chi connectivity index (χ1) is 15.7. The van der Waals surface area contributed by atoms with Gasteiger partial charge in [-0.05, 0) is 57.8 Å². The minimum absolute atomic E-state index is 0.0638. The van der Waals surface area contributed by atoms with Crippen LogP contribution < -0.4 is 0 Å². The molecule has 0 spiro atoms. The zero-order chi connectivity index (χ0) is 23.0. The van der Waals surface area contributed by atoms with Gasteiger partial charge in [0.1, 0.15) is 5.78 Å². The highest BCUT2D eigenvalue weighted by Crippen LogP contribution is 2.37. The van der Waals surface area contributed by atoms with Gasteiger partial charge in [-0.1, -0.05) is 37.1 Å². The van der Waals surface area contributed by atoms with E-state index in [0.717, 1.165) is 70.8 Å². The molecule has 182 valence electrons. The topological polar surface area (TPSA) is 82.1 Å². The number of aliphatic hydroxyl groups is 1. The maximum Gasteiger partial charge on any atom is 0.305 e. The first-order valence-electron chi connectivity index (χ1n) is 12.4. The third-order valence-electron chi connectivity index (χ3n) is 6.35. The van der Waals surface area contributed by atoms with E-state index in [9.17, 15) is 9.59 Å². The van der Waals surface area contributed by atoms with Crippen molar-refractivity contribution in [2.45, 2.75) is 95.9 Å². The van der Waals surface area contributed by atoms with Crippen LogP contribution in [0.25, 0.3) is 0 Å². The van der Waals surface area contributed by atoms with Crippen LogP contribution in [-0.4, -0.2) is 49.6 Å². The minimum Gasteiger partial charge on any atom is -0.469 e. The van der Waals surface area contributed by atoms with Gasteiger partial charge in [-0.25, -0.2) is 0 Å². The third-order valence-corrected chi connectivity index (χ3v) is 6.35. The third kappa shape index (κ3) is 9.97. The average Bonchev–Trinajstić information content (AvgIpc) is 3.09. The lowest BCUT2D eigenvalue weighted by Gasteiger charge is -2.28. The predicted molar refractivity (Wildman–Crippen MR) is 124 cm³/mol. The van der Waals surface area contributed by atoms with Gasteiger partial charge >= 0.3 is 5.97 Å². The zero-order valence-electron chi connectivity index (χ0n) is 19.7. The molecule has 1 N–H and O–H groups in total. The maximum atomic E-state index is 12.8. The van der Waals surface area contributed by atoms with Crippen molar-refractivity contribution in [3.63, 3.8) is 0 Å². The number of carbonyl (C=O) groups excluding carboxylic acids is 2. The largest absolute Gasteiger partial charge is 0.469 e. The number of rotatable bonds is 15. The Morgan fingerprint density at radius 1 is 1.09 bits per heavy atom. The van der Waals surface area contributed by atoms with Gasteiger partial charge in [0.2, 0.25) is 0 Å². The number of methoxy groups -OCH3 is 1. The highest BCUT2D eigenvalue weighted by Gasteiger charge is 2.42. The highest BCUT2D eigenvalue weighted by atomic mass is 16.7. The molecular weight excluding hydrogens is 408 g/mol. The lowest BCUT2D eigenvalue weighted by atomic mass is 9.90. The summed E-state index contributed by atoms with van der Waals surface area (Å²) in [6.07, 6.45) is 19.6. The van der Waals surface area contributed by atoms with E-state index in [2.05, 4.69) is 29.0 Å². The van der Waals surface area contributed by atoms with Gasteiger partial charge in [-0.15, -0.1) is 0 Å². The van der Waals surface area contributed by atoms with Crippen LogP contribution in [0, 0.1) is 11.8 Å². The van der Waals surface area contributed by atoms with Crippen LogP contribution in [0.5, 0.6) is 0 Å². The normalized spacial score (nSPS) is 26.4. The lowest BCUT2D eigenvalue weighted by Crippen LogP contribution is -2.30. The second-order valence-electron chi connectivity index (χ2n) is 8.86. The van der Waals surface area contributed by atoms with Gasteiger partial charge < -0.3 is 19.3 Å². The summed E-state index contributed by atoms with van der Waals surface area (Å²) in [6.45, 7) is 0.998. The van der Waals surface area contributed by atoms with Crippen LogP contribution in [0.3, 0.4) is 0 Å². The summed E-state index contributed by atoms with van der Waals surface area (Å²) in [6, 6.07) is 0. The zero-order valence-corrected chi connectivity index (χ0v) is 19.7. The molecule has 4 atom stereocenters. The first kappa shape index (κ1) is 26.7. The smallest absolute Gasteiger partial charge is 0.305 e. The number of ketones is 1. The molecule has 1 heterocycles. The Balaban J connectivity index is 1.88. The molecule has 2 rings (SSSR count). The highest BCUT2D eigenvalue weighted by molar-refractivity contribution is 5.85. The standard InChI is InChI=1S/C26H42O6/c1-30-25(29)16-10-6-5-8-14-21-22(15-9-4-2-3-7-12-18-27)24(20-23(21)28)32-26-17-11-13-19-31-26/h5,8-9,15,21-22,24,26-27H,2-4,6-7,10-14,16-20H2,1H3/b8-5-,15-9?/t21-,22+,24-,26?/m1/s1. The number of Topliss-reactive ketones (excluding diaryl/α,β-unsaturated/α-hetero) is 1. The van der Waals surface area contributed by atoms with E-state index in [0.29, 0.717) is 19.3 Å². The SMILES string of the molecule is COC(=O)CCC/C=C\C[C@H]1C(=O)C[C@@H](OC2CCCCO2)[C@H]1C=CCCCCCCO. The van der Waals surface area contributed by atoms with Crippen molar-refractivity contribution < 1.29 is 28.9 Å². The van der Waals surface area contributed by atoms with Gasteiger partial charge in [-0.2, -0.15) is 0 Å². The van der Waals surface area contributed by atoms with Crippen LogP contribution in [0.15, 0.2) is 24.3 Å². The average molecular weight is 451 g/mol. The molecule has 6 heteroatoms. The van der Waals surface area contributed by atoms with E-state index in [4.69, 9.17) is 14.6 Å². The minimum atomic E-state index is -0.191. The molecule has 2 aliphatic rings. The van der Waals surface area contributed by atoms with E-state index in [-0.39, 0.29) is 42.6 Å². The number of carbonyl (C=O) groups is 2. The summed E-state index contributed by atoms with van der Waals surface area (Å²) in [5.41, 5.74) is 0. The Kier molecular flexibility index (Phi) is 13.5. The Labute approximate surface area is 193 Å². The number of hydrogen-bond donors (Lipinski definition) is 1. The molecule has 0 amide bonds. The lowest BCUT2D eigenvalue weighted by molar-refractivity contribution is -0.192. The van der Waals surface area contributed by atoms with Crippen LogP contribution in [0.4, 0.5) is 0 Å². The van der Waals surface area contributed by atoms with Crippen molar-refractivity contribution in [1.82, 2.24) is 0 Å². The van der Waals surface area contributed by atoms with Gasteiger partial charge in [-0.3, -0.25) is 9.59 Å². The van der Waals surface area contributed by atoms with Crippen molar-refractivity contribution in [2.75, 3.05) is 20.3 Å². The number of aliphatic hydroxyl groups excluding tert-OH is 1. The van der Waals surface area contributed by atoms with E-state index in [1.165, 1.54) is 7.11 Å². The van der Waals surface area contributed by atoms with Gasteiger partial charge in [0.05, 0.1) is 13.2 Å². The van der Waals surface area contributed by atoms with Crippen LogP contribution in [0.2, 0.25) is 0 Å². The maximum absolute atomic E-state index is 12.8. The predicted octanol–water partition coefficient (Wildman–Crippen LogP) is 4.89. The van der Waals surface area contributed by atoms with E-state index >= 15 is 0 Å². The van der Waals surface area contributed by atoms with E-state index < -0.39 is 0 Å². The second-order valence-corrected chi connectivity index (χ2v) is 8.86. The molecule has 1 aliphatic heterocycles. The molecule has 2 fully saturated rings. The Morgan fingerprint density at radius 2 is 1.91 bits per heavy atom. The van der Waals surface area contributed by atoms with E-state index in [1.54, 1.807) is 0 Å². The number of ether oxygens (including phenoxy) is 3. The van der Waals surface area contributed by atoms with Gasteiger partial charge in [0, 0.05) is 37.9 Å².